The molecule has 0 bridgehead atoms. The number of pyridine rings is 1. The minimum Gasteiger partial charge on any atom is -0.478 e. The molecule has 5 nitrogen and oxygen atoms in total. The number of rotatable bonds is 3. The number of aryl methyl sites for hydroxylation is 1. The minimum absolute atomic E-state index is 0.0909. The van der Waals surface area contributed by atoms with Crippen molar-refractivity contribution in [3.05, 3.63) is 29.1 Å². The van der Waals surface area contributed by atoms with Crippen LogP contribution in [0.5, 0.6) is 0 Å². The predicted molar refractivity (Wildman–Crippen MR) is 79.5 cm³/mol. The maximum atomic E-state index is 12.5. The molecule has 2 heterocycles. The highest BCUT2D eigenvalue weighted by molar-refractivity contribution is 5.94. The van der Waals surface area contributed by atoms with Crippen LogP contribution in [0.25, 0.3) is 0 Å². The Labute approximate surface area is 125 Å². The number of likely N-dealkylation sites (tertiary alicyclic amines) is 1. The van der Waals surface area contributed by atoms with Gasteiger partial charge in [-0.3, -0.25) is 4.79 Å². The van der Waals surface area contributed by atoms with Gasteiger partial charge in [0.15, 0.2) is 0 Å². The maximum absolute atomic E-state index is 12.5. The van der Waals surface area contributed by atoms with Gasteiger partial charge in [0, 0.05) is 13.1 Å². The molecule has 1 aliphatic heterocycles. The normalized spacial score (nSPS) is 19.1. The van der Waals surface area contributed by atoms with Crippen molar-refractivity contribution in [2.75, 3.05) is 13.1 Å². The molecule has 1 amide bonds. The van der Waals surface area contributed by atoms with Gasteiger partial charge in [0.1, 0.15) is 5.69 Å². The topological polar surface area (TPSA) is 70.5 Å². The predicted octanol–water partition coefficient (Wildman–Crippen LogP) is 2.74. The fourth-order valence-corrected chi connectivity index (χ4v) is 2.84. The second kappa shape index (κ2) is 6.70. The lowest BCUT2D eigenvalue weighted by Crippen LogP contribution is -2.32. The van der Waals surface area contributed by atoms with Gasteiger partial charge in [-0.1, -0.05) is 13.3 Å². The first-order valence-corrected chi connectivity index (χ1v) is 7.53. The molecule has 5 heteroatoms. The van der Waals surface area contributed by atoms with E-state index in [2.05, 4.69) is 11.9 Å². The summed E-state index contributed by atoms with van der Waals surface area (Å²) in [6, 6.07) is 2.98. The van der Waals surface area contributed by atoms with Crippen molar-refractivity contribution < 1.29 is 14.7 Å². The molecule has 1 saturated heterocycles. The summed E-state index contributed by atoms with van der Waals surface area (Å²) in [5, 5.41) is 9.00. The van der Waals surface area contributed by atoms with Crippen molar-refractivity contribution in [2.45, 2.75) is 39.5 Å². The van der Waals surface area contributed by atoms with E-state index in [-0.39, 0.29) is 11.5 Å². The zero-order valence-corrected chi connectivity index (χ0v) is 12.6. The van der Waals surface area contributed by atoms with Crippen LogP contribution in [-0.4, -0.2) is 40.0 Å². The van der Waals surface area contributed by atoms with E-state index in [1.807, 2.05) is 4.90 Å². The number of hydrogen-bond acceptors (Lipinski definition) is 3. The lowest BCUT2D eigenvalue weighted by atomic mass is 9.98. The van der Waals surface area contributed by atoms with Crippen LogP contribution < -0.4 is 0 Å². The molecule has 114 valence electrons. The lowest BCUT2D eigenvalue weighted by Gasteiger charge is -2.20. The van der Waals surface area contributed by atoms with Gasteiger partial charge in [-0.05, 0) is 44.2 Å². The molecule has 1 N–H and O–H groups in total. The summed E-state index contributed by atoms with van der Waals surface area (Å²) >= 11 is 0. The molecule has 0 saturated carbocycles. The van der Waals surface area contributed by atoms with E-state index in [9.17, 15) is 9.59 Å². The Balaban J connectivity index is 2.12. The fourth-order valence-electron chi connectivity index (χ4n) is 2.84. The number of carboxylic acid groups (broad SMARTS) is 1. The van der Waals surface area contributed by atoms with Crippen LogP contribution in [0.15, 0.2) is 12.1 Å². The summed E-state index contributed by atoms with van der Waals surface area (Å²) in [6.07, 6.45) is 4.39. The van der Waals surface area contributed by atoms with Crippen molar-refractivity contribution >= 4 is 11.9 Å². The first-order chi connectivity index (χ1) is 10.0. The van der Waals surface area contributed by atoms with E-state index in [1.54, 1.807) is 6.92 Å². The number of aromatic carboxylic acids is 1. The van der Waals surface area contributed by atoms with Gasteiger partial charge >= 0.3 is 5.97 Å². The third-order valence-corrected chi connectivity index (χ3v) is 4.25. The molecule has 21 heavy (non-hydrogen) atoms. The Kier molecular flexibility index (Phi) is 4.94. The largest absolute Gasteiger partial charge is 0.478 e. The number of carboxylic acids is 1. The first-order valence-electron chi connectivity index (χ1n) is 7.53. The fraction of sp³-hybridized carbons (Fsp3) is 0.562. The van der Waals surface area contributed by atoms with Crippen LogP contribution >= 0.6 is 0 Å². The van der Waals surface area contributed by atoms with E-state index in [0.717, 1.165) is 32.4 Å². The van der Waals surface area contributed by atoms with Crippen LogP contribution in [0.2, 0.25) is 0 Å². The molecule has 1 atom stereocenters. The summed E-state index contributed by atoms with van der Waals surface area (Å²) in [6.45, 7) is 5.34. The minimum atomic E-state index is -1.01. The summed E-state index contributed by atoms with van der Waals surface area (Å²) in [5.41, 5.74) is 0.871. The van der Waals surface area contributed by atoms with Crippen LogP contribution in [0, 0.1) is 12.8 Å². The highest BCUT2D eigenvalue weighted by atomic mass is 16.4. The number of hydrogen-bond donors (Lipinski definition) is 1. The van der Waals surface area contributed by atoms with Gasteiger partial charge < -0.3 is 10.0 Å². The van der Waals surface area contributed by atoms with Gasteiger partial charge in [-0.15, -0.1) is 0 Å². The zero-order valence-electron chi connectivity index (χ0n) is 12.6. The number of aromatic nitrogens is 1. The number of carbonyl (C=O) groups is 2. The highest BCUT2D eigenvalue weighted by Crippen LogP contribution is 2.21. The van der Waals surface area contributed by atoms with E-state index < -0.39 is 5.97 Å². The van der Waals surface area contributed by atoms with Crippen LogP contribution in [-0.2, 0) is 0 Å². The van der Waals surface area contributed by atoms with E-state index in [4.69, 9.17) is 5.11 Å². The second-order valence-corrected chi connectivity index (χ2v) is 5.63. The van der Waals surface area contributed by atoms with Crippen molar-refractivity contribution in [3.8, 4) is 0 Å². The third-order valence-electron chi connectivity index (χ3n) is 4.25. The Morgan fingerprint density at radius 2 is 2.10 bits per heavy atom. The summed E-state index contributed by atoms with van der Waals surface area (Å²) in [5.74, 6) is -0.404. The molecule has 1 aromatic heterocycles. The van der Waals surface area contributed by atoms with E-state index >= 15 is 0 Å². The lowest BCUT2D eigenvalue weighted by molar-refractivity contribution is 0.0691. The van der Waals surface area contributed by atoms with Gasteiger partial charge in [0.05, 0.1) is 11.3 Å². The van der Waals surface area contributed by atoms with Crippen LogP contribution in [0.3, 0.4) is 0 Å². The molecule has 0 spiro atoms. The Hall–Kier alpha value is -1.91. The average Bonchev–Trinajstić information content (AvgIpc) is 2.71. The molecule has 0 radical (unpaired) electrons. The molecular weight excluding hydrogens is 268 g/mol. The molecule has 2 rings (SSSR count). The second-order valence-electron chi connectivity index (χ2n) is 5.63. The van der Waals surface area contributed by atoms with Crippen LogP contribution in [0.4, 0.5) is 0 Å². The smallest absolute Gasteiger partial charge is 0.337 e. The molecule has 1 aliphatic rings. The Morgan fingerprint density at radius 3 is 2.71 bits per heavy atom. The van der Waals surface area contributed by atoms with Gasteiger partial charge in [-0.25, -0.2) is 9.78 Å². The Morgan fingerprint density at radius 1 is 1.33 bits per heavy atom. The molecular formula is C16H22N2O3. The third kappa shape index (κ3) is 3.60. The first kappa shape index (κ1) is 15.5. The van der Waals surface area contributed by atoms with Crippen molar-refractivity contribution in [1.82, 2.24) is 9.88 Å². The molecule has 0 aliphatic carbocycles. The number of nitrogens with zero attached hydrogens (tertiary/aromatic N) is 2. The summed E-state index contributed by atoms with van der Waals surface area (Å²) < 4.78 is 0. The standard InChI is InChI=1S/C16H22N2O3/c1-3-12-5-4-9-18(10-8-12)15(19)14-7-6-13(16(20)21)11(2)17-14/h6-7,12H,3-5,8-10H2,1-2H3,(H,20,21). The molecule has 1 unspecified atom stereocenters. The van der Waals surface area contributed by atoms with Crippen molar-refractivity contribution in [2.24, 2.45) is 5.92 Å². The highest BCUT2D eigenvalue weighted by Gasteiger charge is 2.22. The van der Waals surface area contributed by atoms with Gasteiger partial charge in [0.25, 0.3) is 5.91 Å². The molecule has 0 aromatic carbocycles. The van der Waals surface area contributed by atoms with E-state index in [1.165, 1.54) is 18.6 Å². The molecule has 1 aromatic rings. The number of amides is 1. The van der Waals surface area contributed by atoms with Crippen LogP contribution in [0.1, 0.15) is 59.1 Å². The molecule has 1 fully saturated rings. The van der Waals surface area contributed by atoms with Gasteiger partial charge in [-0.2, -0.15) is 0 Å². The monoisotopic (exact) mass is 290 g/mol. The quantitative estimate of drug-likeness (QED) is 0.929. The SMILES string of the molecule is CCC1CCCN(C(=O)c2ccc(C(=O)O)c(C)n2)CC1. The van der Waals surface area contributed by atoms with Crippen molar-refractivity contribution in [1.29, 1.82) is 0 Å². The van der Waals surface area contributed by atoms with E-state index in [0.29, 0.717) is 17.3 Å². The zero-order chi connectivity index (χ0) is 15.4. The van der Waals surface area contributed by atoms with Crippen molar-refractivity contribution in [3.63, 3.8) is 0 Å². The maximum Gasteiger partial charge on any atom is 0.337 e. The van der Waals surface area contributed by atoms with Gasteiger partial charge in [0.2, 0.25) is 0 Å². The number of carbonyl (C=O) groups excluding carboxylic acids is 1. The Bertz CT molecular complexity index is 542. The summed E-state index contributed by atoms with van der Waals surface area (Å²) in [4.78, 5) is 29.5. The summed E-state index contributed by atoms with van der Waals surface area (Å²) in [7, 11) is 0. The average molecular weight is 290 g/mol.